The molecule has 120 valence electrons. The third-order valence-corrected chi connectivity index (χ3v) is 4.77. The maximum Gasteiger partial charge on any atom is 0.305 e. The predicted molar refractivity (Wildman–Crippen MR) is 89.5 cm³/mol. The van der Waals surface area contributed by atoms with Gasteiger partial charge in [0.15, 0.2) is 5.11 Å². The fraction of sp³-hybridized carbons (Fsp3) is 0.467. The lowest BCUT2D eigenvalue weighted by Gasteiger charge is -2.27. The van der Waals surface area contributed by atoms with Gasteiger partial charge in [-0.1, -0.05) is 0 Å². The van der Waals surface area contributed by atoms with Gasteiger partial charge in [-0.15, -0.1) is 11.8 Å². The minimum Gasteiger partial charge on any atom is -0.469 e. The zero-order valence-corrected chi connectivity index (χ0v) is 14.0. The van der Waals surface area contributed by atoms with Crippen LogP contribution in [-0.4, -0.2) is 30.5 Å². The van der Waals surface area contributed by atoms with Crippen molar-refractivity contribution in [2.75, 3.05) is 19.4 Å². The molecule has 7 heteroatoms. The van der Waals surface area contributed by atoms with Crippen LogP contribution in [0.15, 0.2) is 23.1 Å². The minimum absolute atomic E-state index is 0.0209. The van der Waals surface area contributed by atoms with Gasteiger partial charge in [-0.3, -0.25) is 4.79 Å². The van der Waals surface area contributed by atoms with Crippen LogP contribution in [0.4, 0.5) is 4.39 Å². The van der Waals surface area contributed by atoms with E-state index < -0.39 is 0 Å². The van der Waals surface area contributed by atoms with Crippen molar-refractivity contribution in [3.63, 3.8) is 0 Å². The quantitative estimate of drug-likeness (QED) is 0.487. The summed E-state index contributed by atoms with van der Waals surface area (Å²) < 4.78 is 18.0. The summed E-state index contributed by atoms with van der Waals surface area (Å²) in [6.45, 7) is 0.596. The van der Waals surface area contributed by atoms with Crippen molar-refractivity contribution in [1.82, 2.24) is 10.6 Å². The summed E-state index contributed by atoms with van der Waals surface area (Å²) in [7, 11) is 1.37. The highest BCUT2D eigenvalue weighted by atomic mass is 32.2. The van der Waals surface area contributed by atoms with E-state index in [-0.39, 0.29) is 17.8 Å². The van der Waals surface area contributed by atoms with E-state index in [0.29, 0.717) is 24.5 Å². The molecular weight excluding hydrogens is 323 g/mol. The molecule has 0 fully saturated rings. The molecule has 1 aliphatic heterocycles. The average Bonchev–Trinajstić information content (AvgIpc) is 2.52. The summed E-state index contributed by atoms with van der Waals surface area (Å²) in [6.07, 6.45) is 1.91. The third-order valence-electron chi connectivity index (χ3n) is 3.39. The summed E-state index contributed by atoms with van der Waals surface area (Å²) in [5, 5.41) is 6.82. The van der Waals surface area contributed by atoms with Crippen molar-refractivity contribution in [2.45, 2.75) is 30.2 Å². The highest BCUT2D eigenvalue weighted by molar-refractivity contribution is 7.99. The van der Waals surface area contributed by atoms with Crippen LogP contribution in [0.2, 0.25) is 0 Å². The number of fused-ring (bicyclic) bond motifs is 1. The highest BCUT2D eigenvalue weighted by Crippen LogP contribution is 2.36. The molecule has 0 amide bonds. The van der Waals surface area contributed by atoms with Gasteiger partial charge in [0.05, 0.1) is 13.2 Å². The van der Waals surface area contributed by atoms with Crippen molar-refractivity contribution in [3.8, 4) is 0 Å². The van der Waals surface area contributed by atoms with Gasteiger partial charge >= 0.3 is 5.97 Å². The Labute approximate surface area is 139 Å². The SMILES string of the molecule is COC(=O)CCCNC(=S)N[C@@H]1CCSc2ccc(F)cc21. The summed E-state index contributed by atoms with van der Waals surface area (Å²) in [5.74, 6) is 0.515. The molecule has 1 heterocycles. The Bertz CT molecular complexity index is 554. The van der Waals surface area contributed by atoms with Gasteiger partial charge in [-0.05, 0) is 48.8 Å². The van der Waals surface area contributed by atoms with E-state index in [4.69, 9.17) is 12.2 Å². The summed E-state index contributed by atoms with van der Waals surface area (Å²) in [6, 6.07) is 4.89. The second-order valence-electron chi connectivity index (χ2n) is 4.95. The number of ether oxygens (including phenoxy) is 1. The van der Waals surface area contributed by atoms with E-state index in [1.54, 1.807) is 17.8 Å². The molecule has 0 bridgehead atoms. The first kappa shape index (κ1) is 17.0. The van der Waals surface area contributed by atoms with E-state index in [1.165, 1.54) is 13.2 Å². The smallest absolute Gasteiger partial charge is 0.305 e. The normalized spacial score (nSPS) is 16.5. The Morgan fingerprint density at radius 3 is 3.14 bits per heavy atom. The van der Waals surface area contributed by atoms with Crippen molar-refractivity contribution in [3.05, 3.63) is 29.6 Å². The minimum atomic E-state index is -0.231. The zero-order chi connectivity index (χ0) is 15.9. The van der Waals surface area contributed by atoms with Crippen LogP contribution in [0.25, 0.3) is 0 Å². The lowest BCUT2D eigenvalue weighted by atomic mass is 10.0. The van der Waals surface area contributed by atoms with Gasteiger partial charge in [0, 0.05) is 23.6 Å². The van der Waals surface area contributed by atoms with Gasteiger partial charge in [0.25, 0.3) is 0 Å². The number of benzene rings is 1. The number of carbonyl (C=O) groups excluding carboxylic acids is 1. The Morgan fingerprint density at radius 2 is 2.36 bits per heavy atom. The van der Waals surface area contributed by atoms with Gasteiger partial charge in [0.2, 0.25) is 0 Å². The molecule has 0 aromatic heterocycles. The number of thiocarbonyl (C=S) groups is 1. The van der Waals surface area contributed by atoms with Crippen LogP contribution >= 0.6 is 24.0 Å². The maximum atomic E-state index is 13.4. The molecule has 0 spiro atoms. The molecule has 2 rings (SSSR count). The fourth-order valence-electron chi connectivity index (χ4n) is 2.26. The second-order valence-corrected chi connectivity index (χ2v) is 6.50. The number of hydrogen-bond acceptors (Lipinski definition) is 4. The molecule has 0 aliphatic carbocycles. The molecule has 0 unspecified atom stereocenters. The molecule has 22 heavy (non-hydrogen) atoms. The average molecular weight is 342 g/mol. The van der Waals surface area contributed by atoms with Gasteiger partial charge < -0.3 is 15.4 Å². The largest absolute Gasteiger partial charge is 0.469 e. The van der Waals surface area contributed by atoms with Crippen molar-refractivity contribution in [2.24, 2.45) is 0 Å². The highest BCUT2D eigenvalue weighted by Gasteiger charge is 2.21. The Kier molecular flexibility index (Phi) is 6.45. The fourth-order valence-corrected chi connectivity index (χ4v) is 3.61. The van der Waals surface area contributed by atoms with Crippen LogP contribution in [0.5, 0.6) is 0 Å². The first-order chi connectivity index (χ1) is 10.6. The van der Waals surface area contributed by atoms with Crippen molar-refractivity contribution < 1.29 is 13.9 Å². The molecule has 4 nitrogen and oxygen atoms in total. The van der Waals surface area contributed by atoms with Crippen LogP contribution in [0.3, 0.4) is 0 Å². The topological polar surface area (TPSA) is 50.4 Å². The monoisotopic (exact) mass is 342 g/mol. The molecule has 0 saturated carbocycles. The Balaban J connectivity index is 1.83. The van der Waals surface area contributed by atoms with Gasteiger partial charge in [-0.2, -0.15) is 0 Å². The number of rotatable bonds is 5. The van der Waals surface area contributed by atoms with Gasteiger partial charge in [0.1, 0.15) is 5.82 Å². The van der Waals surface area contributed by atoms with Crippen LogP contribution in [0.1, 0.15) is 30.9 Å². The lowest BCUT2D eigenvalue weighted by molar-refractivity contribution is -0.140. The summed E-state index contributed by atoms with van der Waals surface area (Å²) in [4.78, 5) is 12.1. The zero-order valence-electron chi connectivity index (χ0n) is 12.4. The number of halogens is 1. The Morgan fingerprint density at radius 1 is 1.55 bits per heavy atom. The molecule has 1 atom stereocenters. The lowest BCUT2D eigenvalue weighted by Crippen LogP contribution is -2.39. The van der Waals surface area contributed by atoms with Crippen molar-refractivity contribution >= 4 is 35.1 Å². The molecular formula is C15H19FN2O2S2. The van der Waals surface area contributed by atoms with Crippen LogP contribution in [0, 0.1) is 5.82 Å². The number of methoxy groups -OCH3 is 1. The molecule has 1 aliphatic rings. The maximum absolute atomic E-state index is 13.4. The van der Waals surface area contributed by atoms with Crippen LogP contribution < -0.4 is 10.6 Å². The van der Waals surface area contributed by atoms with E-state index in [1.807, 2.05) is 6.07 Å². The molecule has 0 radical (unpaired) electrons. The number of esters is 1. The molecule has 0 saturated heterocycles. The number of hydrogen-bond donors (Lipinski definition) is 2. The number of thioether (sulfide) groups is 1. The van der Waals surface area contributed by atoms with E-state index >= 15 is 0 Å². The van der Waals surface area contributed by atoms with Gasteiger partial charge in [-0.25, -0.2) is 4.39 Å². The molecule has 2 N–H and O–H groups in total. The summed E-state index contributed by atoms with van der Waals surface area (Å²) >= 11 is 7.00. The van der Waals surface area contributed by atoms with Crippen molar-refractivity contribution in [1.29, 1.82) is 0 Å². The van der Waals surface area contributed by atoms with E-state index in [9.17, 15) is 9.18 Å². The third kappa shape index (κ3) is 4.84. The first-order valence-corrected chi connectivity index (χ1v) is 8.53. The molecule has 1 aromatic rings. The first-order valence-electron chi connectivity index (χ1n) is 7.13. The summed E-state index contributed by atoms with van der Waals surface area (Å²) in [5.41, 5.74) is 0.954. The Hall–Kier alpha value is -1.34. The van der Waals surface area contributed by atoms with E-state index in [2.05, 4.69) is 15.4 Å². The molecule has 1 aromatic carbocycles. The number of carbonyl (C=O) groups is 1. The standard InChI is InChI=1S/C15H19FN2O2S2/c1-20-14(19)3-2-7-17-15(21)18-12-6-8-22-13-5-4-10(16)9-11(12)13/h4-5,9,12H,2-3,6-8H2,1H3,(H2,17,18,21)/t12-/m1/s1. The number of nitrogens with one attached hydrogen (secondary N) is 2. The van der Waals surface area contributed by atoms with Crippen LogP contribution in [-0.2, 0) is 9.53 Å². The van der Waals surface area contributed by atoms with E-state index in [0.717, 1.165) is 22.6 Å². The predicted octanol–water partition coefficient (Wildman–Crippen LogP) is 2.78. The second kappa shape index (κ2) is 8.33.